The van der Waals surface area contributed by atoms with Crippen LogP contribution in [0, 0.1) is 6.92 Å². The molecule has 1 atom stereocenters. The number of carbonyl (C=O) groups excluding carboxylic acids is 1. The van der Waals surface area contributed by atoms with E-state index in [1.807, 2.05) is 17.9 Å². The summed E-state index contributed by atoms with van der Waals surface area (Å²) in [6.45, 7) is 6.33. The van der Waals surface area contributed by atoms with E-state index in [0.717, 1.165) is 36.2 Å². The fraction of sp³-hybridized carbons (Fsp3) is 0.350. The molecule has 26 heavy (non-hydrogen) atoms. The van der Waals surface area contributed by atoms with Crippen molar-refractivity contribution in [2.45, 2.75) is 26.3 Å². The molecule has 1 aromatic carbocycles. The molecule has 0 bridgehead atoms. The number of fused-ring (bicyclic) bond motifs is 1. The summed E-state index contributed by atoms with van der Waals surface area (Å²) in [6, 6.07) is 10.5. The number of aryl methyl sites for hydroxylation is 2. The number of aromatic nitrogens is 3. The molecule has 1 saturated heterocycles. The highest BCUT2D eigenvalue weighted by molar-refractivity contribution is 5.97. The van der Waals surface area contributed by atoms with Gasteiger partial charge in [-0.2, -0.15) is 5.10 Å². The van der Waals surface area contributed by atoms with Crippen molar-refractivity contribution in [3.8, 4) is 0 Å². The van der Waals surface area contributed by atoms with Crippen molar-refractivity contribution in [1.29, 1.82) is 0 Å². The van der Waals surface area contributed by atoms with E-state index in [2.05, 4.69) is 51.7 Å². The molecule has 6 heteroatoms. The molecule has 0 radical (unpaired) electrons. The Morgan fingerprint density at radius 3 is 2.88 bits per heavy atom. The van der Waals surface area contributed by atoms with Gasteiger partial charge < -0.3 is 10.2 Å². The third kappa shape index (κ3) is 2.97. The summed E-state index contributed by atoms with van der Waals surface area (Å²) in [5.74, 6) is 0.0195. The summed E-state index contributed by atoms with van der Waals surface area (Å²) in [6.07, 6.45) is 2.64. The van der Waals surface area contributed by atoms with Gasteiger partial charge in [0.05, 0.1) is 11.6 Å². The Kier molecular flexibility index (Phi) is 4.42. The van der Waals surface area contributed by atoms with Crippen LogP contribution < -0.4 is 5.32 Å². The Labute approximate surface area is 152 Å². The number of benzene rings is 1. The monoisotopic (exact) mass is 349 g/mol. The highest BCUT2D eigenvalue weighted by Gasteiger charge is 2.29. The molecule has 1 fully saturated rings. The lowest BCUT2D eigenvalue weighted by molar-refractivity contribution is 0.0634. The van der Waals surface area contributed by atoms with Crippen molar-refractivity contribution in [3.63, 3.8) is 0 Å². The van der Waals surface area contributed by atoms with Crippen molar-refractivity contribution in [2.24, 2.45) is 0 Å². The average molecular weight is 349 g/mol. The second kappa shape index (κ2) is 6.88. The number of nitrogens with zero attached hydrogens (tertiary/aromatic N) is 3. The average Bonchev–Trinajstić information content (AvgIpc) is 3.08. The van der Waals surface area contributed by atoms with E-state index in [1.54, 1.807) is 6.20 Å². The molecule has 1 unspecified atom stereocenters. The molecule has 0 spiro atoms. The van der Waals surface area contributed by atoms with Crippen LogP contribution in [0.15, 0.2) is 36.5 Å². The minimum Gasteiger partial charge on any atom is -0.329 e. The molecule has 1 aliphatic heterocycles. The molecule has 2 N–H and O–H groups in total. The third-order valence-electron chi connectivity index (χ3n) is 5.12. The Bertz CT molecular complexity index is 931. The summed E-state index contributed by atoms with van der Waals surface area (Å²) < 4.78 is 0. The molecule has 1 aliphatic rings. The molecule has 3 aromatic rings. The van der Waals surface area contributed by atoms with Gasteiger partial charge in [0.2, 0.25) is 0 Å². The first-order valence-corrected chi connectivity index (χ1v) is 9.08. The van der Waals surface area contributed by atoms with Gasteiger partial charge in [-0.25, -0.2) is 4.98 Å². The number of aromatic amines is 1. The van der Waals surface area contributed by atoms with Crippen molar-refractivity contribution >= 4 is 16.9 Å². The standard InChI is InChI=1S/C20H23N5O/c1-3-14-4-6-15(7-5-14)18-12-21-8-9-25(18)20(26)16-10-17-13(2)23-24-19(17)22-11-16/h4-7,10-11,18,21H,3,8-9,12H2,1-2H3,(H,22,23,24). The topological polar surface area (TPSA) is 73.9 Å². The van der Waals surface area contributed by atoms with Gasteiger partial charge in [0, 0.05) is 36.9 Å². The number of H-pyrrole nitrogens is 1. The van der Waals surface area contributed by atoms with Gasteiger partial charge >= 0.3 is 0 Å². The second-order valence-corrected chi connectivity index (χ2v) is 6.76. The first-order valence-electron chi connectivity index (χ1n) is 9.08. The van der Waals surface area contributed by atoms with Crippen LogP contribution in [0.4, 0.5) is 0 Å². The van der Waals surface area contributed by atoms with Gasteiger partial charge in [-0.15, -0.1) is 0 Å². The van der Waals surface area contributed by atoms with Crippen LogP contribution in [0.5, 0.6) is 0 Å². The molecular formula is C20H23N5O. The molecule has 6 nitrogen and oxygen atoms in total. The van der Waals surface area contributed by atoms with E-state index < -0.39 is 0 Å². The SMILES string of the molecule is CCc1ccc(C2CNCCN2C(=O)c2cnc3n[nH]c(C)c3c2)cc1. The fourth-order valence-corrected chi connectivity index (χ4v) is 3.52. The molecule has 134 valence electrons. The van der Waals surface area contributed by atoms with E-state index in [9.17, 15) is 4.79 Å². The zero-order valence-electron chi connectivity index (χ0n) is 15.1. The number of hydrogen-bond donors (Lipinski definition) is 2. The lowest BCUT2D eigenvalue weighted by Crippen LogP contribution is -2.48. The Balaban J connectivity index is 1.65. The second-order valence-electron chi connectivity index (χ2n) is 6.76. The minimum absolute atomic E-state index is 0.0195. The number of rotatable bonds is 3. The zero-order chi connectivity index (χ0) is 18.1. The molecule has 1 amide bonds. The van der Waals surface area contributed by atoms with Crippen LogP contribution in [0.3, 0.4) is 0 Å². The first-order chi connectivity index (χ1) is 12.7. The molecule has 3 heterocycles. The zero-order valence-corrected chi connectivity index (χ0v) is 15.1. The lowest BCUT2D eigenvalue weighted by Gasteiger charge is -2.36. The number of hydrogen-bond acceptors (Lipinski definition) is 4. The van der Waals surface area contributed by atoms with Crippen molar-refractivity contribution in [1.82, 2.24) is 25.4 Å². The maximum Gasteiger partial charge on any atom is 0.256 e. The summed E-state index contributed by atoms with van der Waals surface area (Å²) in [4.78, 5) is 19.5. The van der Waals surface area contributed by atoms with Crippen LogP contribution in [0.2, 0.25) is 0 Å². The molecule has 4 rings (SSSR count). The van der Waals surface area contributed by atoms with Crippen LogP contribution in [-0.2, 0) is 6.42 Å². The van der Waals surface area contributed by atoms with Crippen molar-refractivity contribution in [3.05, 3.63) is 58.9 Å². The summed E-state index contributed by atoms with van der Waals surface area (Å²) in [5, 5.41) is 11.4. The highest BCUT2D eigenvalue weighted by Crippen LogP contribution is 2.25. The summed E-state index contributed by atoms with van der Waals surface area (Å²) in [5.41, 5.74) is 4.65. The maximum absolute atomic E-state index is 13.2. The van der Waals surface area contributed by atoms with E-state index >= 15 is 0 Å². The fourth-order valence-electron chi connectivity index (χ4n) is 3.52. The molecular weight excluding hydrogens is 326 g/mol. The number of piperazine rings is 1. The third-order valence-corrected chi connectivity index (χ3v) is 5.12. The number of carbonyl (C=O) groups is 1. The Hall–Kier alpha value is -2.73. The quantitative estimate of drug-likeness (QED) is 0.762. The van der Waals surface area contributed by atoms with Gasteiger partial charge in [0.15, 0.2) is 5.65 Å². The molecule has 2 aromatic heterocycles. The number of nitrogens with one attached hydrogen (secondary N) is 2. The number of amides is 1. The van der Waals surface area contributed by atoms with E-state index in [4.69, 9.17) is 0 Å². The largest absolute Gasteiger partial charge is 0.329 e. The van der Waals surface area contributed by atoms with Gasteiger partial charge in [0.25, 0.3) is 5.91 Å². The first kappa shape index (κ1) is 16.7. The molecule has 0 aliphatic carbocycles. The smallest absolute Gasteiger partial charge is 0.256 e. The lowest BCUT2D eigenvalue weighted by atomic mass is 10.00. The van der Waals surface area contributed by atoms with E-state index in [1.165, 1.54) is 5.56 Å². The van der Waals surface area contributed by atoms with E-state index in [0.29, 0.717) is 17.8 Å². The minimum atomic E-state index is 0.0195. The van der Waals surface area contributed by atoms with Gasteiger partial charge in [0.1, 0.15) is 0 Å². The van der Waals surface area contributed by atoms with Gasteiger partial charge in [-0.05, 0) is 30.5 Å². The van der Waals surface area contributed by atoms with Crippen LogP contribution >= 0.6 is 0 Å². The van der Waals surface area contributed by atoms with Gasteiger partial charge in [-0.3, -0.25) is 9.89 Å². The normalized spacial score (nSPS) is 17.6. The van der Waals surface area contributed by atoms with Gasteiger partial charge in [-0.1, -0.05) is 31.2 Å². The maximum atomic E-state index is 13.2. The van der Waals surface area contributed by atoms with Crippen LogP contribution in [0.25, 0.3) is 11.0 Å². The van der Waals surface area contributed by atoms with Crippen LogP contribution in [0.1, 0.15) is 40.1 Å². The number of pyridine rings is 1. The predicted molar refractivity (Wildman–Crippen MR) is 101 cm³/mol. The van der Waals surface area contributed by atoms with Crippen molar-refractivity contribution in [2.75, 3.05) is 19.6 Å². The summed E-state index contributed by atoms with van der Waals surface area (Å²) in [7, 11) is 0. The van der Waals surface area contributed by atoms with Crippen molar-refractivity contribution < 1.29 is 4.79 Å². The molecule has 0 saturated carbocycles. The highest BCUT2D eigenvalue weighted by atomic mass is 16.2. The summed E-state index contributed by atoms with van der Waals surface area (Å²) >= 11 is 0. The van der Waals surface area contributed by atoms with Crippen LogP contribution in [-0.4, -0.2) is 45.6 Å². The predicted octanol–water partition coefficient (Wildman–Crippen LogP) is 2.62. The Morgan fingerprint density at radius 1 is 1.31 bits per heavy atom. The Morgan fingerprint density at radius 2 is 2.12 bits per heavy atom. The van der Waals surface area contributed by atoms with E-state index in [-0.39, 0.29) is 11.9 Å².